The van der Waals surface area contributed by atoms with E-state index in [1.807, 2.05) is 6.08 Å². The number of aliphatic hydroxyl groups excluding tert-OH is 1. The molecule has 3 unspecified atom stereocenters. The van der Waals surface area contributed by atoms with Crippen molar-refractivity contribution in [1.82, 2.24) is 0 Å². The molecule has 1 N–H and O–H groups in total. The van der Waals surface area contributed by atoms with Crippen LogP contribution in [0.25, 0.3) is 0 Å². The molecule has 0 aromatic heterocycles. The first-order valence-corrected chi connectivity index (χ1v) is 5.16. The van der Waals surface area contributed by atoms with Crippen LogP contribution in [0.1, 0.15) is 32.1 Å². The summed E-state index contributed by atoms with van der Waals surface area (Å²) in [7, 11) is 0. The van der Waals surface area contributed by atoms with Gasteiger partial charge in [0.25, 0.3) is 0 Å². The lowest BCUT2D eigenvalue weighted by molar-refractivity contribution is -0.115. The average Bonchev–Trinajstić information content (AvgIpc) is 2.53. The average molecular weight is 180 g/mol. The molecule has 0 heterocycles. The molecule has 1 saturated carbocycles. The van der Waals surface area contributed by atoms with Gasteiger partial charge in [0.05, 0.1) is 6.10 Å². The van der Waals surface area contributed by atoms with Crippen molar-refractivity contribution >= 4 is 5.78 Å². The molecule has 3 atom stereocenters. The molecule has 13 heavy (non-hydrogen) atoms. The van der Waals surface area contributed by atoms with Gasteiger partial charge in [0, 0.05) is 6.42 Å². The summed E-state index contributed by atoms with van der Waals surface area (Å²) in [6, 6.07) is 0. The van der Waals surface area contributed by atoms with Crippen molar-refractivity contribution in [3.8, 4) is 0 Å². The molecule has 2 aliphatic rings. The Morgan fingerprint density at radius 3 is 2.69 bits per heavy atom. The third kappa shape index (κ3) is 1.83. The first-order valence-electron chi connectivity index (χ1n) is 5.16. The molecular formula is C11H16O2. The van der Waals surface area contributed by atoms with Crippen LogP contribution in [0.4, 0.5) is 0 Å². The highest BCUT2D eigenvalue weighted by Crippen LogP contribution is 2.36. The van der Waals surface area contributed by atoms with Gasteiger partial charge < -0.3 is 5.11 Å². The van der Waals surface area contributed by atoms with Gasteiger partial charge in [-0.1, -0.05) is 12.5 Å². The predicted molar refractivity (Wildman–Crippen MR) is 50.2 cm³/mol. The van der Waals surface area contributed by atoms with Crippen molar-refractivity contribution in [2.24, 2.45) is 11.8 Å². The van der Waals surface area contributed by atoms with Crippen LogP contribution in [-0.2, 0) is 4.79 Å². The SMILES string of the molecule is O=C1C=CC(C2CCCC2O)CC1. The molecule has 0 saturated heterocycles. The van der Waals surface area contributed by atoms with E-state index in [2.05, 4.69) is 0 Å². The fourth-order valence-corrected chi connectivity index (χ4v) is 2.54. The zero-order valence-electron chi connectivity index (χ0n) is 7.78. The van der Waals surface area contributed by atoms with Gasteiger partial charge in [-0.05, 0) is 37.2 Å². The smallest absolute Gasteiger partial charge is 0.155 e. The van der Waals surface area contributed by atoms with Gasteiger partial charge in [0.1, 0.15) is 0 Å². The van der Waals surface area contributed by atoms with Crippen LogP contribution in [0, 0.1) is 11.8 Å². The molecule has 2 rings (SSSR count). The second-order valence-electron chi connectivity index (χ2n) is 4.19. The molecule has 0 aromatic carbocycles. The molecule has 0 aromatic rings. The Hall–Kier alpha value is -0.630. The van der Waals surface area contributed by atoms with Gasteiger partial charge in [-0.2, -0.15) is 0 Å². The van der Waals surface area contributed by atoms with E-state index in [9.17, 15) is 9.90 Å². The zero-order valence-corrected chi connectivity index (χ0v) is 7.78. The molecule has 0 spiro atoms. The van der Waals surface area contributed by atoms with Gasteiger partial charge in [-0.25, -0.2) is 0 Å². The Bertz CT molecular complexity index is 232. The quantitative estimate of drug-likeness (QED) is 0.666. The zero-order chi connectivity index (χ0) is 9.26. The number of allylic oxidation sites excluding steroid dienone is 2. The van der Waals surface area contributed by atoms with E-state index in [4.69, 9.17) is 0 Å². The summed E-state index contributed by atoms with van der Waals surface area (Å²) in [6.07, 6.45) is 8.41. The van der Waals surface area contributed by atoms with Crippen molar-refractivity contribution in [3.63, 3.8) is 0 Å². The van der Waals surface area contributed by atoms with E-state index in [0.29, 0.717) is 18.3 Å². The molecule has 1 fully saturated rings. The van der Waals surface area contributed by atoms with Crippen molar-refractivity contribution in [3.05, 3.63) is 12.2 Å². The number of hydrogen-bond acceptors (Lipinski definition) is 2. The molecule has 0 radical (unpaired) electrons. The maximum absolute atomic E-state index is 11.0. The summed E-state index contributed by atoms with van der Waals surface area (Å²) in [5.74, 6) is 1.11. The largest absolute Gasteiger partial charge is 0.393 e. The Labute approximate surface area is 78.6 Å². The van der Waals surface area contributed by atoms with E-state index in [-0.39, 0.29) is 11.9 Å². The van der Waals surface area contributed by atoms with Gasteiger partial charge in [0.2, 0.25) is 0 Å². The summed E-state index contributed by atoms with van der Waals surface area (Å²) >= 11 is 0. The highest BCUT2D eigenvalue weighted by Gasteiger charge is 2.32. The highest BCUT2D eigenvalue weighted by atomic mass is 16.3. The van der Waals surface area contributed by atoms with Crippen molar-refractivity contribution < 1.29 is 9.90 Å². The first kappa shape index (κ1) is 8.95. The summed E-state index contributed by atoms with van der Waals surface area (Å²) in [4.78, 5) is 11.0. The minimum absolute atomic E-state index is 0.122. The number of hydrogen-bond donors (Lipinski definition) is 1. The van der Waals surface area contributed by atoms with Crippen molar-refractivity contribution in [1.29, 1.82) is 0 Å². The maximum Gasteiger partial charge on any atom is 0.155 e. The Kier molecular flexibility index (Phi) is 2.49. The number of carbonyl (C=O) groups is 1. The predicted octanol–water partition coefficient (Wildman–Crippen LogP) is 1.68. The standard InChI is InChI=1S/C11H16O2/c12-9-6-4-8(5-7-9)10-2-1-3-11(10)13/h4,6,8,10-11,13H,1-3,5,7H2. The van der Waals surface area contributed by atoms with Gasteiger partial charge in [-0.3, -0.25) is 4.79 Å². The fourth-order valence-electron chi connectivity index (χ4n) is 2.54. The molecular weight excluding hydrogens is 164 g/mol. The number of carbonyl (C=O) groups excluding carboxylic acids is 1. The van der Waals surface area contributed by atoms with E-state index in [1.54, 1.807) is 6.08 Å². The van der Waals surface area contributed by atoms with Crippen molar-refractivity contribution in [2.45, 2.75) is 38.2 Å². The number of ketones is 1. The van der Waals surface area contributed by atoms with E-state index in [0.717, 1.165) is 25.7 Å². The minimum atomic E-state index is -0.122. The summed E-state index contributed by atoms with van der Waals surface area (Å²) < 4.78 is 0. The molecule has 0 bridgehead atoms. The van der Waals surface area contributed by atoms with Gasteiger partial charge in [-0.15, -0.1) is 0 Å². The Balaban J connectivity index is 2.01. The van der Waals surface area contributed by atoms with E-state index in [1.165, 1.54) is 0 Å². The molecule has 2 heteroatoms. The molecule has 2 nitrogen and oxygen atoms in total. The van der Waals surface area contributed by atoms with E-state index < -0.39 is 0 Å². The molecule has 0 aliphatic heterocycles. The lowest BCUT2D eigenvalue weighted by Crippen LogP contribution is -2.24. The van der Waals surface area contributed by atoms with Crippen LogP contribution in [0.15, 0.2) is 12.2 Å². The van der Waals surface area contributed by atoms with Crippen LogP contribution in [0.5, 0.6) is 0 Å². The highest BCUT2D eigenvalue weighted by molar-refractivity contribution is 5.90. The third-order valence-electron chi connectivity index (χ3n) is 3.33. The second-order valence-corrected chi connectivity index (χ2v) is 4.19. The Morgan fingerprint density at radius 1 is 1.31 bits per heavy atom. The van der Waals surface area contributed by atoms with E-state index >= 15 is 0 Å². The Morgan fingerprint density at radius 2 is 2.15 bits per heavy atom. The lowest BCUT2D eigenvalue weighted by atomic mass is 9.82. The lowest BCUT2D eigenvalue weighted by Gasteiger charge is -2.25. The van der Waals surface area contributed by atoms with Crippen LogP contribution < -0.4 is 0 Å². The summed E-state index contributed by atoms with van der Waals surface area (Å²) in [5.41, 5.74) is 0. The van der Waals surface area contributed by atoms with Gasteiger partial charge in [0.15, 0.2) is 5.78 Å². The van der Waals surface area contributed by atoms with Crippen molar-refractivity contribution in [2.75, 3.05) is 0 Å². The van der Waals surface area contributed by atoms with Crippen LogP contribution in [0.2, 0.25) is 0 Å². The fraction of sp³-hybridized carbons (Fsp3) is 0.727. The molecule has 72 valence electrons. The molecule has 0 amide bonds. The minimum Gasteiger partial charge on any atom is -0.393 e. The summed E-state index contributed by atoms with van der Waals surface area (Å²) in [5, 5.41) is 9.69. The first-order chi connectivity index (χ1) is 6.27. The van der Waals surface area contributed by atoms with Crippen LogP contribution in [-0.4, -0.2) is 17.0 Å². The third-order valence-corrected chi connectivity index (χ3v) is 3.33. The number of aliphatic hydroxyl groups is 1. The van der Waals surface area contributed by atoms with Crippen LogP contribution >= 0.6 is 0 Å². The maximum atomic E-state index is 11.0. The number of rotatable bonds is 1. The molecule has 2 aliphatic carbocycles. The van der Waals surface area contributed by atoms with Gasteiger partial charge >= 0.3 is 0 Å². The topological polar surface area (TPSA) is 37.3 Å². The second kappa shape index (κ2) is 3.62. The monoisotopic (exact) mass is 180 g/mol. The summed E-state index contributed by atoms with van der Waals surface area (Å²) in [6.45, 7) is 0. The van der Waals surface area contributed by atoms with Crippen LogP contribution in [0.3, 0.4) is 0 Å². The normalized spacial score (nSPS) is 39.8.